The molecule has 0 radical (unpaired) electrons. The summed E-state index contributed by atoms with van der Waals surface area (Å²) in [6, 6.07) is 12.9. The zero-order chi connectivity index (χ0) is 22.9. The van der Waals surface area contributed by atoms with Gasteiger partial charge >= 0.3 is 6.09 Å². The summed E-state index contributed by atoms with van der Waals surface area (Å²) in [5, 5.41) is 7.79. The Morgan fingerprint density at radius 2 is 1.77 bits per heavy atom. The van der Waals surface area contributed by atoms with Crippen LogP contribution in [0.3, 0.4) is 0 Å². The molecule has 0 aliphatic carbocycles. The van der Waals surface area contributed by atoms with Gasteiger partial charge < -0.3 is 20.7 Å². The minimum atomic E-state index is -0.680. The Balaban J connectivity index is 1.88. The highest BCUT2D eigenvalue weighted by Crippen LogP contribution is 2.15. The molecular formula is C23H26FN3O4. The van der Waals surface area contributed by atoms with Gasteiger partial charge in [-0.25, -0.2) is 9.18 Å². The minimum Gasteiger partial charge on any atom is -0.444 e. The first kappa shape index (κ1) is 23.6. The third kappa shape index (κ3) is 9.12. The maximum atomic E-state index is 13.2. The third-order valence-corrected chi connectivity index (χ3v) is 3.82. The van der Waals surface area contributed by atoms with Crippen LogP contribution in [0.4, 0.5) is 14.9 Å². The average molecular weight is 427 g/mol. The number of amides is 3. The zero-order valence-corrected chi connectivity index (χ0v) is 17.7. The molecule has 0 atom stereocenters. The van der Waals surface area contributed by atoms with Gasteiger partial charge in [0.1, 0.15) is 18.0 Å². The number of rotatable bonds is 7. The summed E-state index contributed by atoms with van der Waals surface area (Å²) in [6.07, 6.45) is 2.13. The molecule has 2 rings (SSSR count). The molecule has 3 amide bonds. The smallest absolute Gasteiger partial charge is 0.408 e. The quantitative estimate of drug-likeness (QED) is 0.588. The highest BCUT2D eigenvalue weighted by molar-refractivity contribution is 6.02. The van der Waals surface area contributed by atoms with Gasteiger partial charge in [0.05, 0.1) is 0 Å². The Morgan fingerprint density at radius 3 is 2.48 bits per heavy atom. The molecule has 0 aliphatic heterocycles. The fourth-order valence-electron chi connectivity index (χ4n) is 2.48. The lowest BCUT2D eigenvalue weighted by atomic mass is 10.1. The van der Waals surface area contributed by atoms with Crippen molar-refractivity contribution in [3.63, 3.8) is 0 Å². The normalized spacial score (nSPS) is 11.1. The lowest BCUT2D eigenvalue weighted by Gasteiger charge is -2.19. The van der Waals surface area contributed by atoms with Gasteiger partial charge in [-0.3, -0.25) is 9.59 Å². The number of halogens is 1. The SMILES string of the molecule is CC(C)(C)OC(=O)NCC(=O)NCc1ccccc1NC(=O)/C=C/c1cccc(F)c1. The third-order valence-electron chi connectivity index (χ3n) is 3.82. The van der Waals surface area contributed by atoms with Gasteiger partial charge in [0.15, 0.2) is 0 Å². The highest BCUT2D eigenvalue weighted by atomic mass is 19.1. The van der Waals surface area contributed by atoms with Crippen LogP contribution in [0.2, 0.25) is 0 Å². The molecule has 0 aliphatic rings. The van der Waals surface area contributed by atoms with E-state index >= 15 is 0 Å². The average Bonchev–Trinajstić information content (AvgIpc) is 2.69. The molecule has 0 unspecified atom stereocenters. The Kier molecular flexibility index (Phi) is 8.31. The van der Waals surface area contributed by atoms with E-state index in [1.54, 1.807) is 57.2 Å². The van der Waals surface area contributed by atoms with Crippen LogP contribution in [-0.4, -0.2) is 30.1 Å². The van der Waals surface area contributed by atoms with Crippen molar-refractivity contribution in [2.75, 3.05) is 11.9 Å². The lowest BCUT2D eigenvalue weighted by molar-refractivity contribution is -0.120. The van der Waals surface area contributed by atoms with Gasteiger partial charge in [0.2, 0.25) is 11.8 Å². The summed E-state index contributed by atoms with van der Waals surface area (Å²) in [5.74, 6) is -1.18. The first-order chi connectivity index (χ1) is 14.6. The van der Waals surface area contributed by atoms with Crippen molar-refractivity contribution in [1.82, 2.24) is 10.6 Å². The van der Waals surface area contributed by atoms with Crippen LogP contribution in [0.15, 0.2) is 54.6 Å². The summed E-state index contributed by atoms with van der Waals surface area (Å²) in [7, 11) is 0. The number of benzene rings is 2. The fraction of sp³-hybridized carbons (Fsp3) is 0.261. The molecule has 164 valence electrons. The molecule has 0 heterocycles. The molecule has 0 saturated heterocycles. The van der Waals surface area contributed by atoms with Gasteiger partial charge in [0.25, 0.3) is 0 Å². The predicted octanol–water partition coefficient (Wildman–Crippen LogP) is 3.62. The number of carbonyl (C=O) groups excluding carboxylic acids is 3. The van der Waals surface area contributed by atoms with Gasteiger partial charge in [-0.05, 0) is 56.2 Å². The van der Waals surface area contributed by atoms with E-state index in [1.165, 1.54) is 24.3 Å². The van der Waals surface area contributed by atoms with Crippen molar-refractivity contribution < 1.29 is 23.5 Å². The van der Waals surface area contributed by atoms with Crippen LogP contribution < -0.4 is 16.0 Å². The topological polar surface area (TPSA) is 96.5 Å². The minimum absolute atomic E-state index is 0.152. The number of nitrogens with one attached hydrogen (secondary N) is 3. The molecule has 0 saturated carbocycles. The lowest BCUT2D eigenvalue weighted by Crippen LogP contribution is -2.39. The molecule has 31 heavy (non-hydrogen) atoms. The molecule has 2 aromatic carbocycles. The second-order valence-corrected chi connectivity index (χ2v) is 7.67. The summed E-state index contributed by atoms with van der Waals surface area (Å²) in [4.78, 5) is 35.8. The Morgan fingerprint density at radius 1 is 1.03 bits per heavy atom. The van der Waals surface area contributed by atoms with Crippen LogP contribution in [0.1, 0.15) is 31.9 Å². The van der Waals surface area contributed by atoms with Gasteiger partial charge in [-0.15, -0.1) is 0 Å². The molecule has 0 fully saturated rings. The van der Waals surface area contributed by atoms with E-state index in [1.807, 2.05) is 0 Å². The first-order valence-corrected chi connectivity index (χ1v) is 9.68. The standard InChI is InChI=1S/C23H26FN3O4/c1-23(2,3)31-22(30)26-15-21(29)25-14-17-8-4-5-10-19(17)27-20(28)12-11-16-7-6-9-18(24)13-16/h4-13H,14-15H2,1-3H3,(H,25,29)(H,26,30)(H,27,28)/b12-11+. The van der Waals surface area contributed by atoms with Crippen molar-refractivity contribution in [2.45, 2.75) is 32.9 Å². The molecule has 0 spiro atoms. The molecule has 8 heteroatoms. The fourth-order valence-corrected chi connectivity index (χ4v) is 2.48. The van der Waals surface area contributed by atoms with E-state index in [0.29, 0.717) is 16.8 Å². The number of ether oxygens (including phenoxy) is 1. The van der Waals surface area contributed by atoms with Crippen LogP contribution in [0.5, 0.6) is 0 Å². The van der Waals surface area contributed by atoms with E-state index in [9.17, 15) is 18.8 Å². The second-order valence-electron chi connectivity index (χ2n) is 7.67. The number of hydrogen-bond acceptors (Lipinski definition) is 4. The summed E-state index contributed by atoms with van der Waals surface area (Å²) in [6.45, 7) is 5.10. The Labute approximate surface area is 180 Å². The number of carbonyl (C=O) groups is 3. The molecule has 0 aromatic heterocycles. The number of alkyl carbamates (subject to hydrolysis) is 1. The maximum absolute atomic E-state index is 13.2. The Bertz CT molecular complexity index is 967. The van der Waals surface area contributed by atoms with Crippen LogP contribution >= 0.6 is 0 Å². The zero-order valence-electron chi connectivity index (χ0n) is 17.7. The summed E-state index contributed by atoms with van der Waals surface area (Å²) < 4.78 is 18.3. The monoisotopic (exact) mass is 427 g/mol. The van der Waals surface area contributed by atoms with E-state index < -0.39 is 23.5 Å². The predicted molar refractivity (Wildman–Crippen MR) is 117 cm³/mol. The summed E-state index contributed by atoms with van der Waals surface area (Å²) in [5.41, 5.74) is 1.12. The number of anilines is 1. The molecule has 3 N–H and O–H groups in total. The second kappa shape index (κ2) is 10.9. The summed E-state index contributed by atoms with van der Waals surface area (Å²) >= 11 is 0. The van der Waals surface area contributed by atoms with Crippen LogP contribution in [-0.2, 0) is 20.9 Å². The molecule has 0 bridgehead atoms. The van der Waals surface area contributed by atoms with Crippen molar-refractivity contribution in [3.8, 4) is 0 Å². The molecular weight excluding hydrogens is 401 g/mol. The van der Waals surface area contributed by atoms with E-state index in [0.717, 1.165) is 0 Å². The van der Waals surface area contributed by atoms with Gasteiger partial charge in [-0.1, -0.05) is 30.3 Å². The first-order valence-electron chi connectivity index (χ1n) is 9.68. The number of para-hydroxylation sites is 1. The maximum Gasteiger partial charge on any atom is 0.408 e. The van der Waals surface area contributed by atoms with Crippen molar-refractivity contribution in [2.24, 2.45) is 0 Å². The number of hydrogen-bond donors (Lipinski definition) is 3. The van der Waals surface area contributed by atoms with Gasteiger partial charge in [0, 0.05) is 18.3 Å². The largest absolute Gasteiger partial charge is 0.444 e. The van der Waals surface area contributed by atoms with Gasteiger partial charge in [-0.2, -0.15) is 0 Å². The van der Waals surface area contributed by atoms with Crippen LogP contribution in [0, 0.1) is 5.82 Å². The molecule has 2 aromatic rings. The van der Waals surface area contributed by atoms with E-state index in [4.69, 9.17) is 4.74 Å². The highest BCUT2D eigenvalue weighted by Gasteiger charge is 2.16. The van der Waals surface area contributed by atoms with Crippen LogP contribution in [0.25, 0.3) is 6.08 Å². The van der Waals surface area contributed by atoms with Crippen molar-refractivity contribution in [3.05, 3.63) is 71.6 Å². The van der Waals surface area contributed by atoms with Crippen molar-refractivity contribution in [1.29, 1.82) is 0 Å². The van der Waals surface area contributed by atoms with Crippen molar-refractivity contribution >= 4 is 29.7 Å². The molecule has 7 nitrogen and oxygen atoms in total. The Hall–Kier alpha value is -3.68. The van der Waals surface area contributed by atoms with E-state index in [2.05, 4.69) is 16.0 Å². The van der Waals surface area contributed by atoms with E-state index in [-0.39, 0.29) is 18.9 Å².